The first-order chi connectivity index (χ1) is 8.66. The average molecular weight is 270 g/mol. The molecule has 1 saturated heterocycles. The number of aromatic nitrogens is 2. The molecule has 0 saturated carbocycles. The quantitative estimate of drug-likeness (QED) is 0.816. The molecule has 0 atom stereocenters. The van der Waals surface area contributed by atoms with Crippen molar-refractivity contribution in [2.75, 3.05) is 32.7 Å². The standard InChI is InChI=1S/C10H14N4O3S/c15-9(16)7-13-2-1-3-14(5-4-13)10(17)8-6-11-18-12-8/h6H,1-5,7H2,(H,15,16). The zero-order valence-electron chi connectivity index (χ0n) is 9.78. The monoisotopic (exact) mass is 270 g/mol. The Morgan fingerprint density at radius 2 is 2.17 bits per heavy atom. The number of carbonyl (C=O) groups is 2. The highest BCUT2D eigenvalue weighted by molar-refractivity contribution is 6.99. The Kier molecular flexibility index (Phi) is 4.21. The molecule has 7 nitrogen and oxygen atoms in total. The molecule has 18 heavy (non-hydrogen) atoms. The molecule has 1 N–H and O–H groups in total. The summed E-state index contributed by atoms with van der Waals surface area (Å²) in [5.74, 6) is -0.959. The van der Waals surface area contributed by atoms with Gasteiger partial charge in [0.25, 0.3) is 5.91 Å². The van der Waals surface area contributed by atoms with E-state index < -0.39 is 5.97 Å². The number of hydrogen-bond acceptors (Lipinski definition) is 6. The third kappa shape index (κ3) is 3.23. The predicted molar refractivity (Wildman–Crippen MR) is 64.5 cm³/mol. The lowest BCUT2D eigenvalue weighted by molar-refractivity contribution is -0.138. The summed E-state index contributed by atoms with van der Waals surface area (Å²) in [6, 6.07) is 0. The summed E-state index contributed by atoms with van der Waals surface area (Å²) in [6.07, 6.45) is 2.24. The molecule has 0 aromatic carbocycles. The number of carboxylic acids is 1. The molecule has 0 bridgehead atoms. The highest BCUT2D eigenvalue weighted by atomic mass is 32.1. The van der Waals surface area contributed by atoms with E-state index in [0.717, 1.165) is 18.1 Å². The lowest BCUT2D eigenvalue weighted by Gasteiger charge is -2.20. The molecule has 98 valence electrons. The minimum Gasteiger partial charge on any atom is -0.480 e. The van der Waals surface area contributed by atoms with Crippen molar-refractivity contribution < 1.29 is 14.7 Å². The normalized spacial score (nSPS) is 17.4. The van der Waals surface area contributed by atoms with Crippen molar-refractivity contribution in [2.24, 2.45) is 0 Å². The lowest BCUT2D eigenvalue weighted by atomic mass is 10.3. The summed E-state index contributed by atoms with van der Waals surface area (Å²) in [5.41, 5.74) is 0.367. The minimum absolute atomic E-state index is 0.0281. The van der Waals surface area contributed by atoms with Gasteiger partial charge in [-0.15, -0.1) is 0 Å². The maximum Gasteiger partial charge on any atom is 0.317 e. The summed E-state index contributed by atoms with van der Waals surface area (Å²) < 4.78 is 7.73. The van der Waals surface area contributed by atoms with Gasteiger partial charge in [-0.1, -0.05) is 0 Å². The summed E-state index contributed by atoms with van der Waals surface area (Å²) in [5, 5.41) is 8.74. The van der Waals surface area contributed by atoms with E-state index in [-0.39, 0.29) is 12.5 Å². The molecule has 1 aliphatic heterocycles. The molecule has 1 aromatic rings. The first-order valence-corrected chi connectivity index (χ1v) is 6.41. The molecule has 1 aliphatic rings. The van der Waals surface area contributed by atoms with E-state index in [1.54, 1.807) is 4.90 Å². The fourth-order valence-electron chi connectivity index (χ4n) is 1.94. The van der Waals surface area contributed by atoms with Crippen LogP contribution in [0.1, 0.15) is 16.9 Å². The number of amides is 1. The van der Waals surface area contributed by atoms with Crippen LogP contribution in [0, 0.1) is 0 Å². The summed E-state index contributed by atoms with van der Waals surface area (Å²) in [7, 11) is 0. The molecular formula is C10H14N4O3S. The predicted octanol–water partition coefficient (Wildman–Crippen LogP) is -0.229. The summed E-state index contributed by atoms with van der Waals surface area (Å²) in [6.45, 7) is 2.47. The van der Waals surface area contributed by atoms with Crippen LogP contribution < -0.4 is 0 Å². The van der Waals surface area contributed by atoms with Crippen LogP contribution >= 0.6 is 11.7 Å². The van der Waals surface area contributed by atoms with Gasteiger partial charge in [0.15, 0.2) is 5.69 Å². The SMILES string of the molecule is O=C(O)CN1CCCN(C(=O)c2cnsn2)CC1. The molecule has 0 spiro atoms. The fraction of sp³-hybridized carbons (Fsp3) is 0.600. The molecular weight excluding hydrogens is 256 g/mol. The van der Waals surface area contributed by atoms with Gasteiger partial charge in [-0.25, -0.2) is 0 Å². The smallest absolute Gasteiger partial charge is 0.317 e. The number of hydrogen-bond donors (Lipinski definition) is 1. The largest absolute Gasteiger partial charge is 0.480 e. The van der Waals surface area contributed by atoms with Crippen LogP contribution in [0.5, 0.6) is 0 Å². The third-order valence-corrected chi connectivity index (χ3v) is 3.29. The van der Waals surface area contributed by atoms with Gasteiger partial charge in [-0.05, 0) is 6.42 Å². The van der Waals surface area contributed by atoms with E-state index in [1.807, 2.05) is 4.90 Å². The van der Waals surface area contributed by atoms with Crippen LogP contribution in [-0.2, 0) is 4.79 Å². The van der Waals surface area contributed by atoms with Crippen LogP contribution in [0.3, 0.4) is 0 Å². The molecule has 0 radical (unpaired) electrons. The van der Waals surface area contributed by atoms with Gasteiger partial charge in [0.2, 0.25) is 0 Å². The summed E-state index contributed by atoms with van der Waals surface area (Å²) in [4.78, 5) is 26.2. The Balaban J connectivity index is 1.93. The maximum absolute atomic E-state index is 12.0. The lowest BCUT2D eigenvalue weighted by Crippen LogP contribution is -2.36. The van der Waals surface area contributed by atoms with E-state index in [2.05, 4.69) is 8.75 Å². The molecule has 2 rings (SSSR count). The van der Waals surface area contributed by atoms with E-state index >= 15 is 0 Å². The number of carboxylic acid groups (broad SMARTS) is 1. The van der Waals surface area contributed by atoms with Crippen LogP contribution in [0.2, 0.25) is 0 Å². The number of nitrogens with zero attached hydrogens (tertiary/aromatic N) is 4. The van der Waals surface area contributed by atoms with Crippen molar-refractivity contribution in [3.05, 3.63) is 11.9 Å². The van der Waals surface area contributed by atoms with Crippen molar-refractivity contribution >= 4 is 23.6 Å². The number of rotatable bonds is 3. The number of carbonyl (C=O) groups excluding carboxylic acids is 1. The molecule has 2 heterocycles. The molecule has 1 aromatic heterocycles. The van der Waals surface area contributed by atoms with Crippen LogP contribution in [0.4, 0.5) is 0 Å². The van der Waals surface area contributed by atoms with Crippen molar-refractivity contribution in [2.45, 2.75) is 6.42 Å². The van der Waals surface area contributed by atoms with Gasteiger partial charge in [-0.2, -0.15) is 8.75 Å². The minimum atomic E-state index is -0.835. The Morgan fingerprint density at radius 1 is 1.33 bits per heavy atom. The Morgan fingerprint density at radius 3 is 2.83 bits per heavy atom. The fourth-order valence-corrected chi connectivity index (χ4v) is 2.35. The third-order valence-electron chi connectivity index (χ3n) is 2.82. The van der Waals surface area contributed by atoms with Crippen molar-refractivity contribution in [3.63, 3.8) is 0 Å². The van der Waals surface area contributed by atoms with E-state index in [4.69, 9.17) is 5.11 Å². The Labute approximate surface area is 108 Å². The van der Waals surface area contributed by atoms with E-state index in [1.165, 1.54) is 6.20 Å². The van der Waals surface area contributed by atoms with Crippen molar-refractivity contribution in [1.29, 1.82) is 0 Å². The van der Waals surface area contributed by atoms with Crippen LogP contribution in [0.15, 0.2) is 6.20 Å². The van der Waals surface area contributed by atoms with Gasteiger partial charge in [0, 0.05) is 26.2 Å². The highest BCUT2D eigenvalue weighted by Gasteiger charge is 2.22. The van der Waals surface area contributed by atoms with E-state index in [0.29, 0.717) is 31.9 Å². The second-order valence-electron chi connectivity index (χ2n) is 4.11. The molecule has 1 amide bonds. The second kappa shape index (κ2) is 5.87. The van der Waals surface area contributed by atoms with Crippen molar-refractivity contribution in [3.8, 4) is 0 Å². The van der Waals surface area contributed by atoms with Gasteiger partial charge in [-0.3, -0.25) is 14.5 Å². The first-order valence-electron chi connectivity index (χ1n) is 5.68. The van der Waals surface area contributed by atoms with Gasteiger partial charge in [0.05, 0.1) is 24.5 Å². The Bertz CT molecular complexity index is 423. The van der Waals surface area contributed by atoms with E-state index in [9.17, 15) is 9.59 Å². The van der Waals surface area contributed by atoms with Gasteiger partial charge < -0.3 is 10.0 Å². The highest BCUT2D eigenvalue weighted by Crippen LogP contribution is 2.07. The first kappa shape index (κ1) is 12.9. The maximum atomic E-state index is 12.0. The topological polar surface area (TPSA) is 86.6 Å². The van der Waals surface area contributed by atoms with Crippen LogP contribution in [-0.4, -0.2) is 68.3 Å². The summed E-state index contributed by atoms with van der Waals surface area (Å²) >= 11 is 1.01. The average Bonchev–Trinajstić information content (AvgIpc) is 2.76. The molecule has 0 unspecified atom stereocenters. The second-order valence-corrected chi connectivity index (χ2v) is 4.67. The zero-order valence-corrected chi connectivity index (χ0v) is 10.6. The zero-order chi connectivity index (χ0) is 13.0. The van der Waals surface area contributed by atoms with Gasteiger partial charge in [0.1, 0.15) is 0 Å². The Hall–Kier alpha value is -1.54. The van der Waals surface area contributed by atoms with Gasteiger partial charge >= 0.3 is 5.97 Å². The molecule has 1 fully saturated rings. The van der Waals surface area contributed by atoms with Crippen LogP contribution in [0.25, 0.3) is 0 Å². The molecule has 0 aliphatic carbocycles. The molecule has 8 heteroatoms. The van der Waals surface area contributed by atoms with Crippen molar-refractivity contribution in [1.82, 2.24) is 18.5 Å². The number of aliphatic carboxylic acids is 1.